The first-order valence-corrected chi connectivity index (χ1v) is 8.50. The molecule has 6 heteroatoms. The normalized spacial score (nSPS) is 14.2. The Labute approximate surface area is 142 Å². The second-order valence-corrected chi connectivity index (χ2v) is 5.55. The molecule has 0 radical (unpaired) electrons. The van der Waals surface area contributed by atoms with Gasteiger partial charge in [-0.05, 0) is 51.3 Å². The summed E-state index contributed by atoms with van der Waals surface area (Å²) in [5.41, 5.74) is 0.341. The minimum absolute atomic E-state index is 0.140. The summed E-state index contributed by atoms with van der Waals surface area (Å²) in [6.07, 6.45) is 3.17. The Hall–Kier alpha value is -2.24. The molecule has 1 amide bonds. The van der Waals surface area contributed by atoms with Gasteiger partial charge in [0.2, 0.25) is 0 Å². The first-order chi connectivity index (χ1) is 11.7. The molecule has 0 bridgehead atoms. The number of esters is 1. The van der Waals surface area contributed by atoms with E-state index in [1.165, 1.54) is 0 Å². The molecule has 0 saturated carbocycles. The average molecular weight is 335 g/mol. The number of likely N-dealkylation sites (tertiary alicyclic amines) is 1. The maximum Gasteiger partial charge on any atom is 0.338 e. The van der Waals surface area contributed by atoms with Gasteiger partial charge in [-0.2, -0.15) is 0 Å². The molecule has 1 aliphatic rings. The molecule has 132 valence electrons. The molecule has 0 unspecified atom stereocenters. The maximum atomic E-state index is 12.2. The lowest BCUT2D eigenvalue weighted by atomic mass is 10.1. The van der Waals surface area contributed by atoms with Crippen molar-refractivity contribution in [3.05, 3.63) is 23.8 Å². The Kier molecular flexibility index (Phi) is 6.90. The SMILES string of the molecule is CCOc1ccc(C(=O)OCC(=O)N2CCCCC2)cc1OCC. The van der Waals surface area contributed by atoms with Crippen molar-refractivity contribution in [3.63, 3.8) is 0 Å². The van der Waals surface area contributed by atoms with Gasteiger partial charge in [0.25, 0.3) is 5.91 Å². The van der Waals surface area contributed by atoms with Crippen molar-refractivity contribution in [3.8, 4) is 11.5 Å². The van der Waals surface area contributed by atoms with E-state index < -0.39 is 5.97 Å². The predicted octanol–water partition coefficient (Wildman–Crippen LogP) is 2.65. The zero-order chi connectivity index (χ0) is 17.4. The molecular weight excluding hydrogens is 310 g/mol. The molecule has 1 aliphatic heterocycles. The fourth-order valence-electron chi connectivity index (χ4n) is 2.62. The van der Waals surface area contributed by atoms with E-state index in [0.29, 0.717) is 30.3 Å². The highest BCUT2D eigenvalue weighted by Gasteiger charge is 2.19. The van der Waals surface area contributed by atoms with Crippen LogP contribution in [-0.2, 0) is 9.53 Å². The third-order valence-corrected chi connectivity index (χ3v) is 3.81. The van der Waals surface area contributed by atoms with Crippen LogP contribution in [0.1, 0.15) is 43.5 Å². The van der Waals surface area contributed by atoms with Crippen LogP contribution in [0.4, 0.5) is 0 Å². The van der Waals surface area contributed by atoms with Gasteiger partial charge in [0, 0.05) is 13.1 Å². The smallest absolute Gasteiger partial charge is 0.338 e. The zero-order valence-electron chi connectivity index (χ0n) is 14.4. The van der Waals surface area contributed by atoms with Crippen molar-refractivity contribution in [2.24, 2.45) is 0 Å². The molecular formula is C18H25NO5. The largest absolute Gasteiger partial charge is 0.490 e. The number of hydrogen-bond donors (Lipinski definition) is 0. The Morgan fingerprint density at radius 2 is 1.67 bits per heavy atom. The second-order valence-electron chi connectivity index (χ2n) is 5.55. The van der Waals surface area contributed by atoms with Crippen molar-refractivity contribution in [2.75, 3.05) is 32.9 Å². The van der Waals surface area contributed by atoms with Crippen molar-refractivity contribution in [1.29, 1.82) is 0 Å². The summed E-state index contributed by atoms with van der Waals surface area (Å²) in [6.45, 7) is 5.97. The molecule has 0 spiro atoms. The fourth-order valence-corrected chi connectivity index (χ4v) is 2.62. The van der Waals surface area contributed by atoms with E-state index in [0.717, 1.165) is 32.4 Å². The second kappa shape index (κ2) is 9.15. The van der Waals surface area contributed by atoms with E-state index in [4.69, 9.17) is 14.2 Å². The van der Waals surface area contributed by atoms with Gasteiger partial charge < -0.3 is 19.1 Å². The molecule has 0 aliphatic carbocycles. The van der Waals surface area contributed by atoms with E-state index >= 15 is 0 Å². The molecule has 2 rings (SSSR count). The van der Waals surface area contributed by atoms with Gasteiger partial charge in [-0.15, -0.1) is 0 Å². The number of piperidine rings is 1. The van der Waals surface area contributed by atoms with E-state index in [9.17, 15) is 9.59 Å². The highest BCUT2D eigenvalue weighted by atomic mass is 16.5. The lowest BCUT2D eigenvalue weighted by Crippen LogP contribution is -2.38. The summed E-state index contributed by atoms with van der Waals surface area (Å²) >= 11 is 0. The van der Waals surface area contributed by atoms with Crippen LogP contribution in [0.2, 0.25) is 0 Å². The molecule has 0 N–H and O–H groups in total. The molecule has 0 atom stereocenters. The third kappa shape index (κ3) is 4.88. The molecule has 24 heavy (non-hydrogen) atoms. The fraction of sp³-hybridized carbons (Fsp3) is 0.556. The Morgan fingerprint density at radius 1 is 1.00 bits per heavy atom. The molecule has 6 nitrogen and oxygen atoms in total. The lowest BCUT2D eigenvalue weighted by molar-refractivity contribution is -0.135. The van der Waals surface area contributed by atoms with Crippen molar-refractivity contribution < 1.29 is 23.8 Å². The molecule has 0 aromatic heterocycles. The Bertz CT molecular complexity index is 567. The van der Waals surface area contributed by atoms with E-state index in [-0.39, 0.29) is 12.5 Å². The Balaban J connectivity index is 1.95. The third-order valence-electron chi connectivity index (χ3n) is 3.81. The van der Waals surface area contributed by atoms with Crippen LogP contribution in [0.3, 0.4) is 0 Å². The van der Waals surface area contributed by atoms with E-state index in [2.05, 4.69) is 0 Å². The number of ether oxygens (including phenoxy) is 3. The standard InChI is InChI=1S/C18H25NO5/c1-3-22-15-9-8-14(12-16(15)23-4-2)18(21)24-13-17(20)19-10-6-5-7-11-19/h8-9,12H,3-7,10-11,13H2,1-2H3. The number of amides is 1. The number of hydrogen-bond acceptors (Lipinski definition) is 5. The number of benzene rings is 1. The zero-order valence-corrected chi connectivity index (χ0v) is 14.4. The van der Waals surface area contributed by atoms with Gasteiger partial charge in [0.05, 0.1) is 18.8 Å². The lowest BCUT2D eigenvalue weighted by Gasteiger charge is -2.26. The van der Waals surface area contributed by atoms with Gasteiger partial charge in [0.15, 0.2) is 18.1 Å². The minimum atomic E-state index is -0.538. The quantitative estimate of drug-likeness (QED) is 0.717. The van der Waals surface area contributed by atoms with Crippen LogP contribution in [0, 0.1) is 0 Å². The van der Waals surface area contributed by atoms with Crippen LogP contribution in [0.5, 0.6) is 11.5 Å². The van der Waals surface area contributed by atoms with Crippen LogP contribution < -0.4 is 9.47 Å². The van der Waals surface area contributed by atoms with Gasteiger partial charge in [-0.25, -0.2) is 4.79 Å². The van der Waals surface area contributed by atoms with Crippen LogP contribution in [-0.4, -0.2) is 49.7 Å². The van der Waals surface area contributed by atoms with Crippen LogP contribution in [0.25, 0.3) is 0 Å². The van der Waals surface area contributed by atoms with Gasteiger partial charge in [-0.3, -0.25) is 4.79 Å². The van der Waals surface area contributed by atoms with E-state index in [1.807, 2.05) is 13.8 Å². The number of rotatable bonds is 7. The predicted molar refractivity (Wildman–Crippen MR) is 89.5 cm³/mol. The summed E-state index contributed by atoms with van der Waals surface area (Å²) in [6, 6.07) is 4.88. The highest BCUT2D eigenvalue weighted by Crippen LogP contribution is 2.28. The van der Waals surface area contributed by atoms with Crippen molar-refractivity contribution >= 4 is 11.9 Å². The first kappa shape index (κ1) is 18.1. The summed E-state index contributed by atoms with van der Waals surface area (Å²) in [7, 11) is 0. The van der Waals surface area contributed by atoms with E-state index in [1.54, 1.807) is 23.1 Å². The van der Waals surface area contributed by atoms with Gasteiger partial charge >= 0.3 is 5.97 Å². The molecule has 1 heterocycles. The number of nitrogens with zero attached hydrogens (tertiary/aromatic N) is 1. The summed E-state index contributed by atoms with van der Waals surface area (Å²) in [4.78, 5) is 26.0. The van der Waals surface area contributed by atoms with Gasteiger partial charge in [-0.1, -0.05) is 0 Å². The monoisotopic (exact) mass is 335 g/mol. The average Bonchev–Trinajstić information content (AvgIpc) is 2.62. The van der Waals surface area contributed by atoms with Crippen LogP contribution >= 0.6 is 0 Å². The first-order valence-electron chi connectivity index (χ1n) is 8.50. The summed E-state index contributed by atoms with van der Waals surface area (Å²) in [5, 5.41) is 0. The molecule has 1 fully saturated rings. The molecule has 1 aromatic rings. The summed E-state index contributed by atoms with van der Waals surface area (Å²) in [5.74, 6) is 0.403. The Morgan fingerprint density at radius 3 is 2.33 bits per heavy atom. The van der Waals surface area contributed by atoms with Gasteiger partial charge in [0.1, 0.15) is 0 Å². The van der Waals surface area contributed by atoms with Crippen molar-refractivity contribution in [2.45, 2.75) is 33.1 Å². The van der Waals surface area contributed by atoms with Crippen molar-refractivity contribution in [1.82, 2.24) is 4.90 Å². The highest BCUT2D eigenvalue weighted by molar-refractivity contribution is 5.92. The van der Waals surface area contributed by atoms with Crippen LogP contribution in [0.15, 0.2) is 18.2 Å². The number of carbonyl (C=O) groups excluding carboxylic acids is 2. The molecule has 1 saturated heterocycles. The topological polar surface area (TPSA) is 65.1 Å². The summed E-state index contributed by atoms with van der Waals surface area (Å²) < 4.78 is 16.1. The minimum Gasteiger partial charge on any atom is -0.490 e. The maximum absolute atomic E-state index is 12.2. The molecule has 1 aromatic carbocycles. The number of carbonyl (C=O) groups is 2.